The van der Waals surface area contributed by atoms with Crippen molar-refractivity contribution in [1.82, 2.24) is 9.97 Å². The molecule has 4 rings (SSSR count). The van der Waals surface area contributed by atoms with E-state index in [-0.39, 0.29) is 17.2 Å². The minimum absolute atomic E-state index is 0.156. The number of hydrogen-bond acceptors (Lipinski definition) is 6. The number of benzene rings is 2. The van der Waals surface area contributed by atoms with Gasteiger partial charge in [0.25, 0.3) is 5.56 Å². The van der Waals surface area contributed by atoms with Crippen LogP contribution in [0, 0.1) is 6.92 Å². The molecule has 146 valence electrons. The topological polar surface area (TPSA) is 86.9 Å². The number of rotatable bonds is 6. The highest BCUT2D eigenvalue weighted by Crippen LogP contribution is 2.23. The maximum absolute atomic E-state index is 12.2. The number of aryl methyl sites for hydroxylation is 1. The zero-order valence-electron chi connectivity index (χ0n) is 15.6. The van der Waals surface area contributed by atoms with E-state index in [1.54, 1.807) is 0 Å². The average Bonchev–Trinajstić information content (AvgIpc) is 3.10. The van der Waals surface area contributed by atoms with Gasteiger partial charge in [0.15, 0.2) is 5.16 Å². The summed E-state index contributed by atoms with van der Waals surface area (Å²) >= 11 is 2.67. The van der Waals surface area contributed by atoms with Gasteiger partial charge in [0.2, 0.25) is 5.91 Å². The van der Waals surface area contributed by atoms with Crippen LogP contribution in [0.1, 0.15) is 4.88 Å². The number of para-hydroxylation sites is 1. The summed E-state index contributed by atoms with van der Waals surface area (Å²) in [5.41, 5.74) is 2.47. The van der Waals surface area contributed by atoms with Gasteiger partial charge in [-0.05, 0) is 49.4 Å². The van der Waals surface area contributed by atoms with Gasteiger partial charge in [-0.25, -0.2) is 4.98 Å². The van der Waals surface area contributed by atoms with Crippen LogP contribution in [0.3, 0.4) is 0 Å². The molecule has 0 atom stereocenters. The molecule has 8 heteroatoms. The zero-order chi connectivity index (χ0) is 20.2. The van der Waals surface area contributed by atoms with Gasteiger partial charge < -0.3 is 15.6 Å². The van der Waals surface area contributed by atoms with Crippen molar-refractivity contribution in [1.29, 1.82) is 0 Å². The molecular formula is C21H18N4O2S2. The van der Waals surface area contributed by atoms with Gasteiger partial charge in [-0.2, -0.15) is 0 Å². The first kappa shape index (κ1) is 19.2. The number of carbonyl (C=O) groups excluding carboxylic acids is 1. The second kappa shape index (κ2) is 8.50. The largest absolute Gasteiger partial charge is 0.356 e. The van der Waals surface area contributed by atoms with Crippen LogP contribution in [0.15, 0.2) is 70.6 Å². The Morgan fingerprint density at radius 1 is 1.07 bits per heavy atom. The molecule has 1 amide bonds. The Hall–Kier alpha value is -3.10. The summed E-state index contributed by atoms with van der Waals surface area (Å²) in [6.07, 6.45) is 0. The standard InChI is InChI=1S/C21H18N4O2S2/c1-13-11-17-19(27)24-21(25-20(17)29-13)28-12-18(26)23-16-9-7-15(8-10-16)22-14-5-3-2-4-6-14/h2-11,22H,12H2,1H3,(H,23,26)(H,24,25,27). The molecule has 29 heavy (non-hydrogen) atoms. The predicted molar refractivity (Wildman–Crippen MR) is 120 cm³/mol. The molecule has 0 unspecified atom stereocenters. The molecule has 2 aromatic carbocycles. The lowest BCUT2D eigenvalue weighted by Crippen LogP contribution is -2.15. The van der Waals surface area contributed by atoms with Gasteiger partial charge >= 0.3 is 0 Å². The minimum atomic E-state index is -0.177. The third-order valence-corrected chi connectivity index (χ3v) is 5.89. The Labute approximate surface area is 175 Å². The van der Waals surface area contributed by atoms with E-state index in [2.05, 4.69) is 20.6 Å². The molecule has 0 spiro atoms. The van der Waals surface area contributed by atoms with Crippen molar-refractivity contribution in [3.63, 3.8) is 0 Å². The lowest BCUT2D eigenvalue weighted by atomic mass is 10.2. The molecule has 3 N–H and O–H groups in total. The van der Waals surface area contributed by atoms with Gasteiger partial charge in [0, 0.05) is 21.9 Å². The third-order valence-electron chi connectivity index (χ3n) is 4.07. The van der Waals surface area contributed by atoms with Crippen molar-refractivity contribution in [3.05, 3.63) is 75.9 Å². The normalized spacial score (nSPS) is 10.8. The SMILES string of the molecule is Cc1cc2c(=O)[nH]c(SCC(=O)Nc3ccc(Nc4ccccc4)cc3)nc2s1. The van der Waals surface area contributed by atoms with Crippen LogP contribution in [-0.2, 0) is 4.79 Å². The molecule has 2 aromatic heterocycles. The fourth-order valence-electron chi connectivity index (χ4n) is 2.76. The van der Waals surface area contributed by atoms with Crippen LogP contribution in [0.25, 0.3) is 10.2 Å². The number of H-pyrrole nitrogens is 1. The van der Waals surface area contributed by atoms with Crippen LogP contribution >= 0.6 is 23.1 Å². The quantitative estimate of drug-likeness (QED) is 0.308. The van der Waals surface area contributed by atoms with E-state index >= 15 is 0 Å². The smallest absolute Gasteiger partial charge is 0.260 e. The molecule has 0 radical (unpaired) electrons. The van der Waals surface area contributed by atoms with E-state index in [9.17, 15) is 9.59 Å². The Kier molecular flexibility index (Phi) is 5.64. The summed E-state index contributed by atoms with van der Waals surface area (Å²) in [5, 5.41) is 7.18. The molecule has 0 bridgehead atoms. The molecule has 0 aliphatic carbocycles. The average molecular weight is 423 g/mol. The first-order chi connectivity index (χ1) is 14.1. The van der Waals surface area contributed by atoms with Crippen LogP contribution < -0.4 is 16.2 Å². The van der Waals surface area contributed by atoms with Gasteiger partial charge in [-0.1, -0.05) is 30.0 Å². The van der Waals surface area contributed by atoms with Crippen LogP contribution in [0.2, 0.25) is 0 Å². The number of thioether (sulfide) groups is 1. The summed E-state index contributed by atoms with van der Waals surface area (Å²) in [7, 11) is 0. The molecule has 0 saturated carbocycles. The van der Waals surface area contributed by atoms with Gasteiger partial charge in [0.05, 0.1) is 11.1 Å². The van der Waals surface area contributed by atoms with Crippen molar-refractivity contribution in [2.24, 2.45) is 0 Å². The molecule has 6 nitrogen and oxygen atoms in total. The van der Waals surface area contributed by atoms with E-state index in [4.69, 9.17) is 0 Å². The van der Waals surface area contributed by atoms with Crippen molar-refractivity contribution in [2.45, 2.75) is 12.1 Å². The molecule has 0 fully saturated rings. The molecule has 0 aliphatic rings. The minimum Gasteiger partial charge on any atom is -0.356 e. The molecular weight excluding hydrogens is 404 g/mol. The maximum Gasteiger partial charge on any atom is 0.260 e. The summed E-state index contributed by atoms with van der Waals surface area (Å²) < 4.78 is 0. The van der Waals surface area contributed by atoms with Crippen molar-refractivity contribution in [2.75, 3.05) is 16.4 Å². The van der Waals surface area contributed by atoms with E-state index in [1.165, 1.54) is 23.1 Å². The van der Waals surface area contributed by atoms with Gasteiger partial charge in [0.1, 0.15) is 4.83 Å². The first-order valence-corrected chi connectivity index (χ1v) is 10.7. The highest BCUT2D eigenvalue weighted by atomic mass is 32.2. The van der Waals surface area contributed by atoms with E-state index in [0.29, 0.717) is 21.1 Å². The fraction of sp³-hybridized carbons (Fsp3) is 0.0952. The van der Waals surface area contributed by atoms with Crippen LogP contribution in [0.5, 0.6) is 0 Å². The molecule has 0 saturated heterocycles. The van der Waals surface area contributed by atoms with Crippen LogP contribution in [-0.4, -0.2) is 21.6 Å². The second-order valence-electron chi connectivity index (χ2n) is 6.35. The number of aromatic nitrogens is 2. The van der Waals surface area contributed by atoms with E-state index < -0.39 is 0 Å². The summed E-state index contributed by atoms with van der Waals surface area (Å²) in [4.78, 5) is 33.2. The first-order valence-electron chi connectivity index (χ1n) is 8.92. The third kappa shape index (κ3) is 4.85. The number of amides is 1. The number of nitrogens with one attached hydrogen (secondary N) is 3. The predicted octanol–water partition coefficient (Wildman–Crippen LogP) is 4.77. The van der Waals surface area contributed by atoms with E-state index in [0.717, 1.165) is 16.3 Å². The monoisotopic (exact) mass is 422 g/mol. The number of fused-ring (bicyclic) bond motifs is 1. The maximum atomic E-state index is 12.2. The Balaban J connectivity index is 1.34. The van der Waals surface area contributed by atoms with Gasteiger partial charge in [-0.15, -0.1) is 11.3 Å². The number of nitrogens with zero attached hydrogens (tertiary/aromatic N) is 1. The summed E-state index contributed by atoms with van der Waals surface area (Å²) in [6, 6.07) is 19.2. The van der Waals surface area contributed by atoms with Crippen molar-refractivity contribution < 1.29 is 4.79 Å². The lowest BCUT2D eigenvalue weighted by molar-refractivity contribution is -0.113. The lowest BCUT2D eigenvalue weighted by Gasteiger charge is -2.08. The van der Waals surface area contributed by atoms with Gasteiger partial charge in [-0.3, -0.25) is 9.59 Å². The summed E-state index contributed by atoms with van der Waals surface area (Å²) in [5.74, 6) is -0.00750. The zero-order valence-corrected chi connectivity index (χ0v) is 17.2. The molecule has 2 heterocycles. The highest BCUT2D eigenvalue weighted by molar-refractivity contribution is 7.99. The van der Waals surface area contributed by atoms with Crippen LogP contribution in [0.4, 0.5) is 17.1 Å². The number of anilines is 3. The van der Waals surface area contributed by atoms with Crippen molar-refractivity contribution in [3.8, 4) is 0 Å². The number of aromatic amines is 1. The fourth-order valence-corrected chi connectivity index (χ4v) is 4.36. The second-order valence-corrected chi connectivity index (χ2v) is 8.55. The Bertz CT molecular complexity index is 1200. The van der Waals surface area contributed by atoms with E-state index in [1.807, 2.05) is 67.6 Å². The Morgan fingerprint density at radius 3 is 2.52 bits per heavy atom. The highest BCUT2D eigenvalue weighted by Gasteiger charge is 2.10. The number of carbonyl (C=O) groups is 1. The Morgan fingerprint density at radius 2 is 1.76 bits per heavy atom. The number of thiophene rings is 1. The molecule has 0 aliphatic heterocycles. The molecule has 4 aromatic rings. The number of hydrogen-bond donors (Lipinski definition) is 3. The van der Waals surface area contributed by atoms with Crippen molar-refractivity contribution >= 4 is 56.3 Å². The summed E-state index contributed by atoms with van der Waals surface area (Å²) in [6.45, 7) is 1.94.